The standard InChI is InChI=1S/C27H33NO3/c1-4-27(2,3)22-10-14-25(15-11-22)29-19-18-28-23-12-16-26(17-13-23)31-21-20-30-24-8-6-5-7-9-24/h5-17,28H,4,18-21H2,1-3H3. The van der Waals surface area contributed by atoms with Gasteiger partial charge in [-0.3, -0.25) is 0 Å². The van der Waals surface area contributed by atoms with Crippen molar-refractivity contribution in [3.8, 4) is 17.2 Å². The van der Waals surface area contributed by atoms with E-state index in [0.29, 0.717) is 19.8 Å². The third kappa shape index (κ3) is 7.25. The van der Waals surface area contributed by atoms with Crippen LogP contribution in [0.15, 0.2) is 78.9 Å². The van der Waals surface area contributed by atoms with Crippen LogP contribution in [0, 0.1) is 0 Å². The van der Waals surface area contributed by atoms with Gasteiger partial charge in [0, 0.05) is 12.2 Å². The fourth-order valence-corrected chi connectivity index (χ4v) is 3.08. The van der Waals surface area contributed by atoms with Gasteiger partial charge in [0.05, 0.1) is 0 Å². The van der Waals surface area contributed by atoms with Gasteiger partial charge in [-0.15, -0.1) is 0 Å². The minimum Gasteiger partial charge on any atom is -0.492 e. The topological polar surface area (TPSA) is 39.7 Å². The Labute approximate surface area is 186 Å². The average Bonchev–Trinajstić information content (AvgIpc) is 2.81. The van der Waals surface area contributed by atoms with Crippen LogP contribution in [0.1, 0.15) is 32.8 Å². The monoisotopic (exact) mass is 419 g/mol. The first kappa shape index (κ1) is 22.5. The molecule has 0 aliphatic heterocycles. The number of benzene rings is 3. The number of anilines is 1. The van der Waals surface area contributed by atoms with E-state index >= 15 is 0 Å². The summed E-state index contributed by atoms with van der Waals surface area (Å²) >= 11 is 0. The summed E-state index contributed by atoms with van der Waals surface area (Å²) in [6, 6.07) is 26.1. The molecule has 0 aliphatic rings. The molecule has 0 aromatic heterocycles. The van der Waals surface area contributed by atoms with E-state index in [-0.39, 0.29) is 5.41 Å². The van der Waals surface area contributed by atoms with E-state index in [1.54, 1.807) is 0 Å². The van der Waals surface area contributed by atoms with E-state index in [1.165, 1.54) is 5.56 Å². The first-order valence-electron chi connectivity index (χ1n) is 10.9. The van der Waals surface area contributed by atoms with Crippen LogP contribution in [-0.4, -0.2) is 26.4 Å². The summed E-state index contributed by atoms with van der Waals surface area (Å²) in [7, 11) is 0. The third-order valence-electron chi connectivity index (χ3n) is 5.44. The fraction of sp³-hybridized carbons (Fsp3) is 0.333. The van der Waals surface area contributed by atoms with Crippen molar-refractivity contribution < 1.29 is 14.2 Å². The Morgan fingerprint density at radius 3 is 1.74 bits per heavy atom. The second-order valence-corrected chi connectivity index (χ2v) is 8.07. The normalized spacial score (nSPS) is 11.1. The van der Waals surface area contributed by atoms with Crippen molar-refractivity contribution in [3.63, 3.8) is 0 Å². The van der Waals surface area contributed by atoms with Gasteiger partial charge in [0.1, 0.15) is 37.1 Å². The molecule has 0 heterocycles. The summed E-state index contributed by atoms with van der Waals surface area (Å²) in [6.07, 6.45) is 1.11. The summed E-state index contributed by atoms with van der Waals surface area (Å²) in [5.41, 5.74) is 2.58. The van der Waals surface area contributed by atoms with E-state index in [2.05, 4.69) is 50.4 Å². The lowest BCUT2D eigenvalue weighted by Crippen LogP contribution is -2.15. The van der Waals surface area contributed by atoms with Gasteiger partial charge >= 0.3 is 0 Å². The smallest absolute Gasteiger partial charge is 0.122 e. The Kier molecular flexibility index (Phi) is 8.22. The zero-order chi connectivity index (χ0) is 21.9. The number of rotatable bonds is 12. The summed E-state index contributed by atoms with van der Waals surface area (Å²) in [6.45, 7) is 9.10. The van der Waals surface area contributed by atoms with Crippen LogP contribution in [0.25, 0.3) is 0 Å². The maximum atomic E-state index is 5.85. The molecule has 0 unspecified atom stereocenters. The maximum absolute atomic E-state index is 5.85. The molecule has 0 saturated heterocycles. The second-order valence-electron chi connectivity index (χ2n) is 8.07. The number of para-hydroxylation sites is 1. The quantitative estimate of drug-likeness (QED) is 0.349. The van der Waals surface area contributed by atoms with Gasteiger partial charge < -0.3 is 19.5 Å². The van der Waals surface area contributed by atoms with Gasteiger partial charge in [-0.2, -0.15) is 0 Å². The Morgan fingerprint density at radius 2 is 1.16 bits per heavy atom. The highest BCUT2D eigenvalue weighted by Crippen LogP contribution is 2.28. The van der Waals surface area contributed by atoms with Crippen LogP contribution in [0.5, 0.6) is 17.2 Å². The third-order valence-corrected chi connectivity index (χ3v) is 5.44. The highest BCUT2D eigenvalue weighted by Gasteiger charge is 2.17. The van der Waals surface area contributed by atoms with Crippen molar-refractivity contribution in [1.29, 1.82) is 0 Å². The Hall–Kier alpha value is -3.14. The van der Waals surface area contributed by atoms with Gasteiger partial charge in [-0.1, -0.05) is 51.1 Å². The molecule has 0 bridgehead atoms. The molecule has 3 aromatic rings. The first-order valence-corrected chi connectivity index (χ1v) is 10.9. The molecule has 4 nitrogen and oxygen atoms in total. The van der Waals surface area contributed by atoms with E-state index < -0.39 is 0 Å². The van der Waals surface area contributed by atoms with Crippen molar-refractivity contribution >= 4 is 5.69 Å². The summed E-state index contributed by atoms with van der Waals surface area (Å²) in [4.78, 5) is 0. The molecule has 0 aliphatic carbocycles. The van der Waals surface area contributed by atoms with Crippen LogP contribution in [0.2, 0.25) is 0 Å². The van der Waals surface area contributed by atoms with E-state index in [9.17, 15) is 0 Å². The molecular formula is C27H33NO3. The van der Waals surface area contributed by atoms with Crippen molar-refractivity contribution in [2.75, 3.05) is 31.7 Å². The lowest BCUT2D eigenvalue weighted by Gasteiger charge is -2.23. The minimum absolute atomic E-state index is 0.199. The highest BCUT2D eigenvalue weighted by atomic mass is 16.5. The summed E-state index contributed by atoms with van der Waals surface area (Å²) < 4.78 is 17.2. The Bertz CT molecular complexity index is 890. The SMILES string of the molecule is CCC(C)(C)c1ccc(OCCNc2ccc(OCCOc3ccccc3)cc2)cc1. The predicted molar refractivity (Wildman–Crippen MR) is 128 cm³/mol. The molecule has 0 atom stereocenters. The molecular weight excluding hydrogens is 386 g/mol. The molecule has 0 fully saturated rings. The zero-order valence-electron chi connectivity index (χ0n) is 18.8. The highest BCUT2D eigenvalue weighted by molar-refractivity contribution is 5.46. The molecule has 164 valence electrons. The van der Waals surface area contributed by atoms with E-state index in [1.807, 2.05) is 54.6 Å². The largest absolute Gasteiger partial charge is 0.492 e. The molecule has 4 heteroatoms. The maximum Gasteiger partial charge on any atom is 0.122 e. The Balaban J connectivity index is 1.33. The van der Waals surface area contributed by atoms with Gasteiger partial charge in [-0.05, 0) is 65.9 Å². The van der Waals surface area contributed by atoms with Crippen LogP contribution in [0.4, 0.5) is 5.69 Å². The molecule has 0 spiro atoms. The van der Waals surface area contributed by atoms with Crippen LogP contribution in [0.3, 0.4) is 0 Å². The van der Waals surface area contributed by atoms with Crippen molar-refractivity contribution in [1.82, 2.24) is 0 Å². The van der Waals surface area contributed by atoms with Crippen molar-refractivity contribution in [2.45, 2.75) is 32.6 Å². The lowest BCUT2D eigenvalue weighted by atomic mass is 9.82. The van der Waals surface area contributed by atoms with Crippen molar-refractivity contribution in [3.05, 3.63) is 84.4 Å². The molecule has 0 radical (unpaired) electrons. The molecule has 3 rings (SSSR count). The van der Waals surface area contributed by atoms with Gasteiger partial charge in [-0.25, -0.2) is 0 Å². The zero-order valence-corrected chi connectivity index (χ0v) is 18.8. The van der Waals surface area contributed by atoms with Crippen LogP contribution >= 0.6 is 0 Å². The summed E-state index contributed by atoms with van der Waals surface area (Å²) in [5.74, 6) is 2.58. The lowest BCUT2D eigenvalue weighted by molar-refractivity contribution is 0.217. The van der Waals surface area contributed by atoms with Gasteiger partial charge in [0.15, 0.2) is 0 Å². The van der Waals surface area contributed by atoms with E-state index in [0.717, 1.165) is 35.9 Å². The number of hydrogen-bond acceptors (Lipinski definition) is 4. The average molecular weight is 420 g/mol. The number of hydrogen-bond donors (Lipinski definition) is 1. The minimum atomic E-state index is 0.199. The molecule has 31 heavy (non-hydrogen) atoms. The molecule has 3 aromatic carbocycles. The number of ether oxygens (including phenoxy) is 3. The molecule has 1 N–H and O–H groups in total. The van der Waals surface area contributed by atoms with E-state index in [4.69, 9.17) is 14.2 Å². The predicted octanol–water partition coefficient (Wildman–Crippen LogP) is 6.32. The molecule has 0 saturated carbocycles. The van der Waals surface area contributed by atoms with Gasteiger partial charge in [0.2, 0.25) is 0 Å². The van der Waals surface area contributed by atoms with Crippen LogP contribution < -0.4 is 19.5 Å². The number of nitrogens with one attached hydrogen (secondary N) is 1. The first-order chi connectivity index (χ1) is 15.1. The fourth-order valence-electron chi connectivity index (χ4n) is 3.08. The second kappa shape index (κ2) is 11.3. The van der Waals surface area contributed by atoms with Crippen molar-refractivity contribution in [2.24, 2.45) is 0 Å². The Morgan fingerprint density at radius 1 is 0.645 bits per heavy atom. The van der Waals surface area contributed by atoms with Crippen LogP contribution in [-0.2, 0) is 5.41 Å². The molecule has 0 amide bonds. The summed E-state index contributed by atoms with van der Waals surface area (Å²) in [5, 5.41) is 3.37. The van der Waals surface area contributed by atoms with Gasteiger partial charge in [0.25, 0.3) is 0 Å².